The summed E-state index contributed by atoms with van der Waals surface area (Å²) in [6.07, 6.45) is 0. The van der Waals surface area contributed by atoms with Crippen LogP contribution in [0.2, 0.25) is 0 Å². The second-order valence-electron chi connectivity index (χ2n) is 0. The Bertz CT molecular complexity index is 6.00. The first-order chi connectivity index (χ1) is 1.00. The Morgan fingerprint density at radius 1 is 1.00 bits per heavy atom. The van der Waals surface area contributed by atoms with Crippen molar-refractivity contribution in [2.75, 3.05) is 0 Å². The van der Waals surface area contributed by atoms with Crippen molar-refractivity contribution in [2.24, 2.45) is 0 Å². The molecule has 0 amide bonds. The molecule has 1 radical (unpaired) electrons. The van der Waals surface area contributed by atoms with Crippen LogP contribution in [0.25, 0.3) is 0 Å². The zero-order valence-corrected chi connectivity index (χ0v) is 3.68. The van der Waals surface area contributed by atoms with E-state index in [-0.39, 0.29) is 29.5 Å². The van der Waals surface area contributed by atoms with Gasteiger partial charge in [-0.15, -0.1) is 12.4 Å². The number of halogens is 1. The molecule has 0 aromatic carbocycles. The Labute approximate surface area is 40.6 Å². The summed E-state index contributed by atoms with van der Waals surface area (Å²) in [5.74, 6) is 0. The van der Waals surface area contributed by atoms with E-state index in [1.165, 1.54) is 0 Å². The van der Waals surface area contributed by atoms with Crippen LogP contribution < -0.4 is 0 Å². The molecule has 29 valence electrons. The summed E-state index contributed by atoms with van der Waals surface area (Å²) in [6.45, 7) is 0. The summed E-state index contributed by atoms with van der Waals surface area (Å²) < 4.78 is 0. The molecule has 4 heavy (non-hydrogen) atoms. The van der Waals surface area contributed by atoms with Crippen molar-refractivity contribution in [1.29, 1.82) is 0 Å². The van der Waals surface area contributed by atoms with Crippen molar-refractivity contribution in [3.63, 3.8) is 0 Å². The van der Waals surface area contributed by atoms with Crippen LogP contribution in [-0.4, -0.2) is 10.5 Å². The third-order valence-corrected chi connectivity index (χ3v) is 0. The number of rotatable bonds is 0. The molecule has 0 bridgehead atoms. The quantitative estimate of drug-likeness (QED) is 0.280. The molecule has 2 nitrogen and oxygen atoms in total. The first-order valence-corrected chi connectivity index (χ1v) is 0.200. The van der Waals surface area contributed by atoms with Crippen molar-refractivity contribution in [2.45, 2.75) is 0 Å². The Morgan fingerprint density at radius 2 is 1.00 bits per heavy atom. The van der Waals surface area contributed by atoms with Crippen LogP contribution in [-0.2, 0) is 17.1 Å². The van der Waals surface area contributed by atoms with E-state index < -0.39 is 0 Å². The van der Waals surface area contributed by atoms with Crippen LogP contribution in [0.4, 0.5) is 0 Å². The molecule has 0 atom stereocenters. The van der Waals surface area contributed by atoms with Gasteiger partial charge in [-0.25, -0.2) is 0 Å². The van der Waals surface area contributed by atoms with Crippen LogP contribution in [0, 0.1) is 0 Å². The predicted octanol–water partition coefficient (Wildman–Crippen LogP) is 0.437. The van der Waals surface area contributed by atoms with Gasteiger partial charge in [-0.1, -0.05) is 0 Å². The van der Waals surface area contributed by atoms with E-state index in [0.29, 0.717) is 0 Å². The van der Waals surface area contributed by atoms with E-state index in [9.17, 15) is 0 Å². The molecule has 0 aromatic rings. The summed E-state index contributed by atoms with van der Waals surface area (Å²) >= 11 is 0. The fourth-order valence-electron chi connectivity index (χ4n) is 0. The summed E-state index contributed by atoms with van der Waals surface area (Å²) in [7, 11) is 0. The Kier molecular flexibility index (Phi) is 287. The van der Waals surface area contributed by atoms with Gasteiger partial charge >= 0.3 is 0 Å². The Hall–Kier alpha value is 0.729. The predicted molar refractivity (Wildman–Crippen MR) is 12.5 cm³/mol. The summed E-state index contributed by atoms with van der Waals surface area (Å²) in [6, 6.07) is 0. The van der Waals surface area contributed by atoms with Crippen LogP contribution in [0.3, 0.4) is 0 Å². The molecule has 0 spiro atoms. The van der Waals surface area contributed by atoms with Gasteiger partial charge in [-0.05, 0) is 0 Å². The van der Waals surface area contributed by atoms with Gasteiger partial charge in [0.2, 0.25) is 0 Å². The van der Waals surface area contributed by atoms with Crippen LogP contribution in [0.15, 0.2) is 0 Å². The normalized spacial score (nSPS) is 1.50. The molecule has 0 fully saturated rings. The minimum Gasteiger partial charge on any atom is -0.255 e. The van der Waals surface area contributed by atoms with Crippen molar-refractivity contribution in [1.82, 2.24) is 0 Å². The van der Waals surface area contributed by atoms with Gasteiger partial charge in [0.05, 0.1) is 0 Å². The van der Waals surface area contributed by atoms with Crippen LogP contribution in [0.1, 0.15) is 0 Å². The maximum Gasteiger partial charge on any atom is 0 e. The van der Waals surface area contributed by atoms with Gasteiger partial charge in [0.25, 0.3) is 0 Å². The summed E-state index contributed by atoms with van der Waals surface area (Å²) in [5.41, 5.74) is 0. The van der Waals surface area contributed by atoms with Crippen molar-refractivity contribution < 1.29 is 27.6 Å². The molecule has 0 heterocycles. The van der Waals surface area contributed by atoms with Gasteiger partial charge < -0.3 is 0 Å². The van der Waals surface area contributed by atoms with E-state index >= 15 is 0 Å². The van der Waals surface area contributed by atoms with Crippen molar-refractivity contribution in [3.8, 4) is 0 Å². The molecular weight excluding hydrogens is 122 g/mol. The fourth-order valence-corrected chi connectivity index (χ4v) is 0. The van der Waals surface area contributed by atoms with Crippen molar-refractivity contribution >= 4 is 12.4 Å². The van der Waals surface area contributed by atoms with Gasteiger partial charge in [-0.2, -0.15) is 0 Å². The molecule has 0 aliphatic carbocycles. The van der Waals surface area contributed by atoms with Crippen LogP contribution >= 0.6 is 12.4 Å². The minimum absolute atomic E-state index is 0. The van der Waals surface area contributed by atoms with E-state index in [1.54, 1.807) is 0 Å². The minimum atomic E-state index is 0. The average molecular weight is 125 g/mol. The smallest absolute Gasteiger partial charge is 0 e. The Balaban J connectivity index is -0.00000000500. The molecule has 0 unspecified atom stereocenters. The van der Waals surface area contributed by atoms with E-state index in [2.05, 4.69) is 0 Å². The fraction of sp³-hybridized carbons (Fsp3) is 0. The SMILES string of the molecule is Cl.OO.[Mn]. The van der Waals surface area contributed by atoms with E-state index in [1.807, 2.05) is 0 Å². The van der Waals surface area contributed by atoms with Crippen LogP contribution in [0.5, 0.6) is 0 Å². The van der Waals surface area contributed by atoms with Gasteiger partial charge in [-0.3, -0.25) is 10.5 Å². The molecule has 0 saturated carbocycles. The average Bonchev–Trinajstić information content (AvgIpc) is 1.00. The molecule has 0 aromatic heterocycles. The monoisotopic (exact) mass is 125 g/mol. The topological polar surface area (TPSA) is 40.5 Å². The van der Waals surface area contributed by atoms with Crippen molar-refractivity contribution in [3.05, 3.63) is 0 Å². The van der Waals surface area contributed by atoms with E-state index in [0.717, 1.165) is 0 Å². The summed E-state index contributed by atoms with van der Waals surface area (Å²) in [4.78, 5) is 0. The first-order valence-electron chi connectivity index (χ1n) is 0.200. The zero-order valence-electron chi connectivity index (χ0n) is 1.68. The molecule has 0 rings (SSSR count). The molecule has 0 saturated heterocycles. The second kappa shape index (κ2) is 52.2. The third kappa shape index (κ3) is 15.3. The maximum absolute atomic E-state index is 6.00. The van der Waals surface area contributed by atoms with Gasteiger partial charge in [0.1, 0.15) is 0 Å². The molecule has 0 aliphatic rings. The largest absolute Gasteiger partial charge is 0.255 e. The summed E-state index contributed by atoms with van der Waals surface area (Å²) in [5, 5.41) is 12.0. The van der Waals surface area contributed by atoms with E-state index in [4.69, 9.17) is 10.5 Å². The number of hydrogen-bond donors (Lipinski definition) is 2. The van der Waals surface area contributed by atoms with Gasteiger partial charge in [0, 0.05) is 17.1 Å². The Morgan fingerprint density at radius 3 is 1.00 bits per heavy atom. The standard InChI is InChI=1S/ClH.Mn.H2O2/c;;1-2/h1H;;1-2H. The van der Waals surface area contributed by atoms with Gasteiger partial charge in [0.15, 0.2) is 0 Å². The zero-order chi connectivity index (χ0) is 2.00. The molecule has 2 N–H and O–H groups in total. The molecule has 4 heteroatoms. The molecule has 0 aliphatic heterocycles. The first kappa shape index (κ1) is 22.0. The second-order valence-corrected chi connectivity index (χ2v) is 0. The third-order valence-electron chi connectivity index (χ3n) is 0. The molecular formula is H3ClMnO2. The number of hydrogen-bond acceptors (Lipinski definition) is 2. The maximum atomic E-state index is 6.00.